The second-order valence-corrected chi connectivity index (χ2v) is 12.7. The maximum atomic E-state index is 14.1. The summed E-state index contributed by atoms with van der Waals surface area (Å²) >= 11 is 1.28. The summed E-state index contributed by atoms with van der Waals surface area (Å²) in [5.41, 5.74) is 0.310. The van der Waals surface area contributed by atoms with Crippen molar-refractivity contribution in [2.75, 3.05) is 11.8 Å². The molecule has 7 heteroatoms. The third-order valence-corrected chi connectivity index (χ3v) is 10.2. The fourth-order valence-corrected chi connectivity index (χ4v) is 7.80. The summed E-state index contributed by atoms with van der Waals surface area (Å²) in [4.78, 5) is 13.2. The van der Waals surface area contributed by atoms with Gasteiger partial charge in [-0.1, -0.05) is 27.7 Å². The van der Waals surface area contributed by atoms with E-state index >= 15 is 0 Å². The third kappa shape index (κ3) is 4.60. The summed E-state index contributed by atoms with van der Waals surface area (Å²) in [6.45, 7) is 12.3. The molecular weight excluding hydrogens is 381 g/mol. The van der Waals surface area contributed by atoms with Gasteiger partial charge < -0.3 is 9.63 Å². The molecule has 154 valence electrons. The number of aromatic carboxylic acids is 1. The Labute approximate surface area is 167 Å². The Kier molecular flexibility index (Phi) is 6.87. The van der Waals surface area contributed by atoms with Gasteiger partial charge in [-0.15, -0.1) is 11.3 Å². The third-order valence-electron chi connectivity index (χ3n) is 5.39. The highest BCUT2D eigenvalue weighted by Crippen LogP contribution is 2.62. The molecule has 0 radical (unpaired) electrons. The second kappa shape index (κ2) is 8.26. The zero-order valence-corrected chi connectivity index (χ0v) is 19.3. The monoisotopic (exact) mass is 415 g/mol. The molecule has 0 saturated heterocycles. The number of nitrogens with zero attached hydrogens (tertiary/aromatic N) is 1. The molecule has 1 atom stereocenters. The van der Waals surface area contributed by atoms with E-state index in [2.05, 4.69) is 27.7 Å². The molecule has 1 aliphatic rings. The number of carbonyl (C=O) groups is 1. The van der Waals surface area contributed by atoms with Gasteiger partial charge in [0.2, 0.25) is 0 Å². The SMILES string of the molecule is COP(=O)(C1CCC(C)CC1)N(c1cc(C(C)(C)C)sc1C(=O)O)C(C)C. The molecule has 0 bridgehead atoms. The standard InChI is InChI=1S/C20H34NO4PS/c1-13(2)21(26(24,25-7)15-10-8-14(3)9-11-15)16-12-17(20(4,5)6)27-18(16)19(22)23/h12-15H,8-11H2,1-7H3,(H,22,23). The predicted octanol–water partition coefficient (Wildman–Crippen LogP) is 6.38. The Morgan fingerprint density at radius 2 is 1.85 bits per heavy atom. The quantitative estimate of drug-likeness (QED) is 0.546. The number of anilines is 1. The van der Waals surface area contributed by atoms with Gasteiger partial charge in [0, 0.05) is 18.0 Å². The van der Waals surface area contributed by atoms with E-state index in [-0.39, 0.29) is 22.0 Å². The van der Waals surface area contributed by atoms with Crippen LogP contribution in [0.1, 0.15) is 81.8 Å². The average Bonchev–Trinajstić information content (AvgIpc) is 3.00. The Morgan fingerprint density at radius 1 is 1.30 bits per heavy atom. The molecule has 27 heavy (non-hydrogen) atoms. The Hall–Kier alpha value is -0.840. The minimum absolute atomic E-state index is 0.0549. The van der Waals surface area contributed by atoms with Crippen LogP contribution in [0.3, 0.4) is 0 Å². The van der Waals surface area contributed by atoms with E-state index in [9.17, 15) is 14.5 Å². The summed E-state index contributed by atoms with van der Waals surface area (Å²) in [6.07, 6.45) is 3.78. The number of hydrogen-bond donors (Lipinski definition) is 1. The maximum absolute atomic E-state index is 14.1. The lowest BCUT2D eigenvalue weighted by Crippen LogP contribution is -2.35. The summed E-state index contributed by atoms with van der Waals surface area (Å²) in [5, 5.41) is 9.81. The van der Waals surface area contributed by atoms with Gasteiger partial charge >= 0.3 is 5.97 Å². The molecule has 0 amide bonds. The molecule has 2 rings (SSSR count). The van der Waals surface area contributed by atoms with Crippen LogP contribution in [0.15, 0.2) is 6.07 Å². The Balaban J connectivity index is 2.57. The molecule has 1 aromatic rings. The van der Waals surface area contributed by atoms with Crippen molar-refractivity contribution in [1.29, 1.82) is 0 Å². The van der Waals surface area contributed by atoms with Crippen LogP contribution in [-0.2, 0) is 14.5 Å². The molecule has 0 spiro atoms. The van der Waals surface area contributed by atoms with E-state index in [4.69, 9.17) is 4.52 Å². The molecule has 1 fully saturated rings. The summed E-state index contributed by atoms with van der Waals surface area (Å²) in [5.74, 6) is -0.335. The van der Waals surface area contributed by atoms with E-state index in [1.165, 1.54) is 18.4 Å². The molecule has 1 N–H and O–H groups in total. The minimum atomic E-state index is -3.22. The highest BCUT2D eigenvalue weighted by Gasteiger charge is 2.44. The van der Waals surface area contributed by atoms with E-state index in [0.29, 0.717) is 11.6 Å². The predicted molar refractivity (Wildman–Crippen MR) is 114 cm³/mol. The van der Waals surface area contributed by atoms with Crippen LogP contribution in [0.5, 0.6) is 0 Å². The molecule has 1 unspecified atom stereocenters. The second-order valence-electron chi connectivity index (χ2n) is 8.98. The molecule has 0 aliphatic heterocycles. The first-order chi connectivity index (χ1) is 12.4. The first kappa shape index (κ1) is 22.4. The van der Waals surface area contributed by atoms with Crippen LogP contribution in [0.25, 0.3) is 0 Å². The van der Waals surface area contributed by atoms with Crippen molar-refractivity contribution in [3.63, 3.8) is 0 Å². The van der Waals surface area contributed by atoms with Gasteiger partial charge in [0.25, 0.3) is 7.52 Å². The van der Waals surface area contributed by atoms with Crippen LogP contribution >= 0.6 is 18.9 Å². The van der Waals surface area contributed by atoms with Crippen LogP contribution in [-0.4, -0.2) is 29.9 Å². The van der Waals surface area contributed by atoms with Gasteiger partial charge in [0.05, 0.1) is 11.3 Å². The zero-order chi connectivity index (χ0) is 20.6. The Morgan fingerprint density at radius 3 is 2.26 bits per heavy atom. The van der Waals surface area contributed by atoms with E-state index < -0.39 is 13.5 Å². The lowest BCUT2D eigenvalue weighted by Gasteiger charge is -2.41. The van der Waals surface area contributed by atoms with Crippen LogP contribution in [0, 0.1) is 5.92 Å². The Bertz CT molecular complexity index is 714. The van der Waals surface area contributed by atoms with Crippen molar-refractivity contribution in [3.05, 3.63) is 15.8 Å². The van der Waals surface area contributed by atoms with Gasteiger partial charge in [-0.3, -0.25) is 9.24 Å². The lowest BCUT2D eigenvalue weighted by molar-refractivity contribution is 0.0703. The van der Waals surface area contributed by atoms with Crippen molar-refractivity contribution < 1.29 is 19.0 Å². The van der Waals surface area contributed by atoms with Crippen molar-refractivity contribution in [2.45, 2.75) is 84.3 Å². The number of thiophene rings is 1. The highest BCUT2D eigenvalue weighted by molar-refractivity contribution is 7.61. The summed E-state index contributed by atoms with van der Waals surface area (Å²) < 4.78 is 21.6. The zero-order valence-electron chi connectivity index (χ0n) is 17.6. The van der Waals surface area contributed by atoms with Crippen molar-refractivity contribution in [1.82, 2.24) is 0 Å². The summed E-state index contributed by atoms with van der Waals surface area (Å²) in [6, 6.07) is 1.78. The topological polar surface area (TPSA) is 66.8 Å². The van der Waals surface area contributed by atoms with Gasteiger partial charge in [-0.05, 0) is 56.9 Å². The molecule has 1 heterocycles. The number of carboxylic acids is 1. The highest BCUT2D eigenvalue weighted by atomic mass is 32.1. The number of rotatable bonds is 6. The maximum Gasteiger partial charge on any atom is 0.348 e. The van der Waals surface area contributed by atoms with Gasteiger partial charge in [-0.2, -0.15) is 0 Å². The molecule has 5 nitrogen and oxygen atoms in total. The van der Waals surface area contributed by atoms with E-state index in [0.717, 1.165) is 30.6 Å². The van der Waals surface area contributed by atoms with E-state index in [1.807, 2.05) is 19.9 Å². The van der Waals surface area contributed by atoms with Crippen molar-refractivity contribution in [3.8, 4) is 0 Å². The fraction of sp³-hybridized carbons (Fsp3) is 0.750. The van der Waals surface area contributed by atoms with Crippen molar-refractivity contribution >= 4 is 30.5 Å². The molecular formula is C20H34NO4PS. The fourth-order valence-electron chi connectivity index (χ4n) is 3.81. The molecule has 1 saturated carbocycles. The first-order valence-electron chi connectivity index (χ1n) is 9.74. The van der Waals surface area contributed by atoms with Crippen LogP contribution in [0.2, 0.25) is 0 Å². The van der Waals surface area contributed by atoms with Gasteiger partial charge in [-0.25, -0.2) is 4.79 Å². The average molecular weight is 416 g/mol. The van der Waals surface area contributed by atoms with Gasteiger partial charge in [0.1, 0.15) is 4.88 Å². The first-order valence-corrected chi connectivity index (χ1v) is 12.2. The molecule has 0 aromatic carbocycles. The van der Waals surface area contributed by atoms with Crippen molar-refractivity contribution in [2.24, 2.45) is 5.92 Å². The smallest absolute Gasteiger partial charge is 0.348 e. The number of carboxylic acid groups (broad SMARTS) is 1. The van der Waals surface area contributed by atoms with Gasteiger partial charge in [0.15, 0.2) is 0 Å². The van der Waals surface area contributed by atoms with Crippen LogP contribution < -0.4 is 4.67 Å². The normalized spacial score (nSPS) is 23.3. The molecule has 1 aliphatic carbocycles. The van der Waals surface area contributed by atoms with E-state index in [1.54, 1.807) is 4.67 Å². The largest absolute Gasteiger partial charge is 0.477 e. The van der Waals surface area contributed by atoms with Crippen LogP contribution in [0.4, 0.5) is 5.69 Å². The lowest BCUT2D eigenvalue weighted by atomic mass is 9.91. The number of hydrogen-bond acceptors (Lipinski definition) is 4. The summed E-state index contributed by atoms with van der Waals surface area (Å²) in [7, 11) is -1.71. The molecule has 1 aromatic heterocycles. The minimum Gasteiger partial charge on any atom is -0.477 e.